The summed E-state index contributed by atoms with van der Waals surface area (Å²) in [5.41, 5.74) is -10.9. The summed E-state index contributed by atoms with van der Waals surface area (Å²) in [6.07, 6.45) is -16.4. The largest absolute Gasteiger partial charge is 0.504 e. The molecule has 5 aromatic rings. The summed E-state index contributed by atoms with van der Waals surface area (Å²) in [5, 5.41) is 190. The second-order valence-corrected chi connectivity index (χ2v) is 17.2. The van der Waals surface area contributed by atoms with Crippen LogP contribution in [0.1, 0.15) is 63.3 Å². The normalized spacial score (nSPS) is 20.5. The molecule has 0 saturated carbocycles. The number of aliphatic carboxylic acids is 2. The van der Waals surface area contributed by atoms with Crippen LogP contribution < -0.4 is 4.74 Å². The van der Waals surface area contributed by atoms with Gasteiger partial charge in [0.2, 0.25) is 41.1 Å². The Morgan fingerprint density at radius 1 is 0.568 bits per heavy atom. The van der Waals surface area contributed by atoms with E-state index in [9.17, 15) is 130 Å². The predicted molar refractivity (Wildman–Crippen MR) is 246 cm³/mol. The van der Waals surface area contributed by atoms with Crippen molar-refractivity contribution in [2.24, 2.45) is 0 Å². The highest BCUT2D eigenvalue weighted by Crippen LogP contribution is 2.56. The molecule has 7 atom stereocenters. The number of esters is 5. The van der Waals surface area contributed by atoms with Crippen molar-refractivity contribution in [1.29, 1.82) is 0 Å². The number of carboxylic acids is 3. The van der Waals surface area contributed by atoms with Gasteiger partial charge in [0.05, 0.1) is 33.7 Å². The van der Waals surface area contributed by atoms with E-state index < -0.39 is 239 Å². The first-order chi connectivity index (χ1) is 37.9. The fourth-order valence-corrected chi connectivity index (χ4v) is 8.56. The molecule has 33 heteroatoms. The van der Waals surface area contributed by atoms with E-state index in [1.165, 1.54) is 0 Å². The van der Waals surface area contributed by atoms with Crippen LogP contribution in [0.15, 0.2) is 48.0 Å². The van der Waals surface area contributed by atoms with E-state index in [1.54, 1.807) is 0 Å². The lowest BCUT2D eigenvalue weighted by Gasteiger charge is -2.43. The monoisotopic (exact) mass is 1140 g/mol. The SMILES string of the molecule is O=C(O)/C=C(\C(=O)O[C@H]1[C@H]2OC(=O)c3cc(Oc4c(C(=O)O)cc(O)c(O)c4O)c(O)c(O)c3-c3c(cc(O)c(O)c3O)C(=O)OC[C@H]1O[C@@H](OC(=O)c1cc(O)c(O)c(O)c1)[C@@H]2O)[C@@H]1c2c(cc(O)c(O)c2O)C(=O)O[C@@H]1C(=O)O. The molecule has 2 bridgehead atoms. The van der Waals surface area contributed by atoms with Gasteiger partial charge < -0.3 is 125 Å². The number of benzene rings is 5. The summed E-state index contributed by atoms with van der Waals surface area (Å²) in [4.78, 5) is 108. The highest BCUT2D eigenvalue weighted by atomic mass is 16.7. The quantitative estimate of drug-likeness (QED) is 0.0396. The molecule has 0 aliphatic carbocycles. The van der Waals surface area contributed by atoms with Crippen LogP contribution in [0.25, 0.3) is 11.1 Å². The topological polar surface area (TPSA) is 565 Å². The summed E-state index contributed by atoms with van der Waals surface area (Å²) < 4.78 is 37.7. The molecular weight excluding hydrogens is 1100 g/mol. The van der Waals surface area contributed by atoms with Crippen molar-refractivity contribution in [3.05, 3.63) is 81.4 Å². The lowest BCUT2D eigenvalue weighted by Crippen LogP contribution is -2.62. The maximum absolute atomic E-state index is 15.0. The van der Waals surface area contributed by atoms with E-state index in [0.29, 0.717) is 30.3 Å². The fourth-order valence-electron chi connectivity index (χ4n) is 8.56. The second-order valence-electron chi connectivity index (χ2n) is 17.2. The summed E-state index contributed by atoms with van der Waals surface area (Å²) in [6, 6.07) is 2.25. The van der Waals surface area contributed by atoms with Gasteiger partial charge in [-0.05, 0) is 24.3 Å². The average Bonchev–Trinajstić information content (AvgIpc) is 3.61. The molecule has 0 aromatic heterocycles. The molecule has 3 aliphatic rings. The minimum Gasteiger partial charge on any atom is -0.504 e. The van der Waals surface area contributed by atoms with Crippen LogP contribution in [-0.2, 0) is 42.8 Å². The van der Waals surface area contributed by atoms with Crippen LogP contribution in [-0.4, -0.2) is 183 Å². The van der Waals surface area contributed by atoms with Crippen LogP contribution >= 0.6 is 0 Å². The van der Waals surface area contributed by atoms with Crippen LogP contribution in [0.4, 0.5) is 0 Å². The molecule has 18 N–H and O–H groups in total. The summed E-state index contributed by atoms with van der Waals surface area (Å²) >= 11 is 0. The summed E-state index contributed by atoms with van der Waals surface area (Å²) in [6.45, 7) is -1.49. The van der Waals surface area contributed by atoms with E-state index in [4.69, 9.17) is 33.2 Å². The minimum atomic E-state index is -2.87. The van der Waals surface area contributed by atoms with Gasteiger partial charge in [0, 0.05) is 34.9 Å². The zero-order valence-corrected chi connectivity index (χ0v) is 39.5. The molecule has 0 amide bonds. The van der Waals surface area contributed by atoms with E-state index in [2.05, 4.69) is 0 Å². The first-order valence-corrected chi connectivity index (χ1v) is 22.1. The maximum atomic E-state index is 15.0. The van der Waals surface area contributed by atoms with E-state index in [0.717, 1.165) is 0 Å². The van der Waals surface area contributed by atoms with Crippen molar-refractivity contribution >= 4 is 47.8 Å². The standard InChI is InChI=1S/C48H34O33/c49-15-1-9(2-16(50)27(15)56)43(70)81-48-36(65)40-38(78-47(74)13(7-22(54)55)26-25-11(4-18(52)29(58)33(25)62)45(72)79-39(26)42(68)69)21(77-48)8-75-44(71)10-3-17(51)28(57)32(61)23(10)24-12(46(73)80-40)6-20(31(60)34(24)63)76-37-14(41(66)67)5-19(53)30(59)35(37)64/h1-7,21,26,36,38-40,48-53,56-65H,8H2,(H,54,55)(H,66,67)(H,68,69)/b13-7-/t21-,26-,36-,38-,39+,40+,48+/m1/s1. The van der Waals surface area contributed by atoms with Crippen molar-refractivity contribution in [2.45, 2.75) is 42.7 Å². The first kappa shape index (κ1) is 55.7. The number of aliphatic hydroxyl groups excluding tert-OH is 1. The Balaban J connectivity index is 1.35. The van der Waals surface area contributed by atoms with Gasteiger partial charge >= 0.3 is 47.8 Å². The molecule has 33 nitrogen and oxygen atoms in total. The molecule has 81 heavy (non-hydrogen) atoms. The molecule has 1 saturated heterocycles. The van der Waals surface area contributed by atoms with Gasteiger partial charge in [0.25, 0.3) is 0 Å². The molecule has 3 aliphatic heterocycles. The number of hydrogen-bond acceptors (Lipinski definition) is 30. The van der Waals surface area contributed by atoms with Crippen molar-refractivity contribution in [3.63, 3.8) is 0 Å². The summed E-state index contributed by atoms with van der Waals surface area (Å²) in [7, 11) is 0. The van der Waals surface area contributed by atoms with Gasteiger partial charge in [-0.25, -0.2) is 38.4 Å². The number of phenols is 14. The third-order valence-electron chi connectivity index (χ3n) is 12.3. The number of fused-ring (bicyclic) bond motifs is 6. The number of phenolic OH excluding ortho intramolecular Hbond substituents is 14. The van der Waals surface area contributed by atoms with Gasteiger partial charge in [-0.2, -0.15) is 0 Å². The molecule has 0 spiro atoms. The number of carbonyl (C=O) groups excluding carboxylic acids is 5. The average molecular weight is 1140 g/mol. The van der Waals surface area contributed by atoms with Crippen LogP contribution in [0, 0.1) is 0 Å². The number of aliphatic hydroxyl groups is 1. The lowest BCUT2D eigenvalue weighted by molar-refractivity contribution is -0.287. The van der Waals surface area contributed by atoms with Gasteiger partial charge in [0.1, 0.15) is 18.3 Å². The number of ether oxygens (including phenoxy) is 7. The first-order valence-electron chi connectivity index (χ1n) is 22.1. The number of carbonyl (C=O) groups is 8. The highest BCUT2D eigenvalue weighted by Gasteiger charge is 2.55. The Morgan fingerprint density at radius 2 is 1.10 bits per heavy atom. The Hall–Kier alpha value is -11.5. The number of hydrogen-bond donors (Lipinski definition) is 18. The van der Waals surface area contributed by atoms with Gasteiger partial charge in [-0.1, -0.05) is 0 Å². The van der Waals surface area contributed by atoms with Crippen LogP contribution in [0.3, 0.4) is 0 Å². The maximum Gasteiger partial charge on any atom is 0.346 e. The van der Waals surface area contributed by atoms with Gasteiger partial charge in [0.15, 0.2) is 81.6 Å². The van der Waals surface area contributed by atoms with E-state index in [1.807, 2.05) is 0 Å². The Morgan fingerprint density at radius 3 is 1.69 bits per heavy atom. The molecule has 3 heterocycles. The molecule has 5 aromatic carbocycles. The number of aromatic carboxylic acids is 1. The lowest BCUT2D eigenvalue weighted by atomic mass is 9.80. The molecule has 0 unspecified atom stereocenters. The van der Waals surface area contributed by atoms with E-state index in [-0.39, 0.29) is 12.1 Å². The predicted octanol–water partition coefficient (Wildman–Crippen LogP) is 0.691. The Kier molecular flexibility index (Phi) is 14.1. The minimum absolute atomic E-state index is 0.101. The number of carboxylic acid groups (broad SMARTS) is 3. The third kappa shape index (κ3) is 9.62. The molecule has 0 radical (unpaired) electrons. The van der Waals surface area contributed by atoms with Crippen LogP contribution in [0.2, 0.25) is 0 Å². The zero-order chi connectivity index (χ0) is 59.7. The third-order valence-corrected chi connectivity index (χ3v) is 12.3. The van der Waals surface area contributed by atoms with Gasteiger partial charge in [-0.3, -0.25) is 0 Å². The van der Waals surface area contributed by atoms with Crippen molar-refractivity contribution in [2.75, 3.05) is 6.61 Å². The molecule has 1 fully saturated rings. The van der Waals surface area contributed by atoms with Crippen molar-refractivity contribution in [1.82, 2.24) is 0 Å². The van der Waals surface area contributed by atoms with Gasteiger partial charge in [-0.15, -0.1) is 0 Å². The summed E-state index contributed by atoms with van der Waals surface area (Å²) in [5.74, 6) is -41.1. The Bertz CT molecular complexity index is 3630. The number of cyclic esters (lactones) is 2. The smallest absolute Gasteiger partial charge is 0.346 e. The Labute approximate surface area is 444 Å². The van der Waals surface area contributed by atoms with Crippen molar-refractivity contribution < 1.29 is 163 Å². The molecule has 8 rings (SSSR count). The molecular formula is C48H34O33. The zero-order valence-electron chi connectivity index (χ0n) is 39.5. The van der Waals surface area contributed by atoms with Crippen LogP contribution in [0.5, 0.6) is 92.0 Å². The number of rotatable bonds is 10. The fraction of sp³-hybridized carbons (Fsp3) is 0.167. The number of aromatic hydroxyl groups is 14. The van der Waals surface area contributed by atoms with E-state index >= 15 is 0 Å². The van der Waals surface area contributed by atoms with Crippen molar-refractivity contribution in [3.8, 4) is 103 Å². The molecule has 424 valence electrons. The highest BCUT2D eigenvalue weighted by molar-refractivity contribution is 6.09. The second kappa shape index (κ2) is 20.5.